The first-order chi connectivity index (χ1) is 9.54. The average molecular weight is 290 g/mol. The van der Waals surface area contributed by atoms with E-state index >= 15 is 0 Å². The summed E-state index contributed by atoms with van der Waals surface area (Å²) in [6, 6.07) is 8.09. The zero-order chi connectivity index (χ0) is 14.5. The summed E-state index contributed by atoms with van der Waals surface area (Å²) >= 11 is 1.68. The zero-order valence-corrected chi connectivity index (χ0v) is 13.2. The van der Waals surface area contributed by atoms with Gasteiger partial charge in [0.05, 0.1) is 16.8 Å². The zero-order valence-electron chi connectivity index (χ0n) is 12.3. The van der Waals surface area contributed by atoms with Gasteiger partial charge in [-0.1, -0.05) is 29.8 Å². The number of aliphatic hydroxyl groups is 1. The molecule has 0 aliphatic carbocycles. The number of rotatable bonds is 6. The highest BCUT2D eigenvalue weighted by atomic mass is 32.1. The maximum absolute atomic E-state index is 10.2. The third-order valence-electron chi connectivity index (χ3n) is 3.34. The second kappa shape index (κ2) is 6.97. The van der Waals surface area contributed by atoms with Gasteiger partial charge in [0.2, 0.25) is 0 Å². The molecule has 0 saturated carbocycles. The van der Waals surface area contributed by atoms with Crippen molar-refractivity contribution in [3.63, 3.8) is 0 Å². The molecule has 0 aliphatic rings. The number of nitrogens with zero attached hydrogens (tertiary/aromatic N) is 2. The molecule has 1 unspecified atom stereocenters. The number of aliphatic hydroxyl groups excluding tert-OH is 1. The summed E-state index contributed by atoms with van der Waals surface area (Å²) < 4.78 is 0. The van der Waals surface area contributed by atoms with Gasteiger partial charge in [-0.15, -0.1) is 11.3 Å². The van der Waals surface area contributed by atoms with E-state index in [1.165, 1.54) is 5.56 Å². The van der Waals surface area contributed by atoms with Crippen molar-refractivity contribution < 1.29 is 5.11 Å². The van der Waals surface area contributed by atoms with Crippen LogP contribution in [-0.2, 0) is 6.54 Å². The number of thiazole rings is 1. The molecule has 0 saturated heterocycles. The minimum atomic E-state index is -0.393. The van der Waals surface area contributed by atoms with Crippen LogP contribution in [0.25, 0.3) is 0 Å². The van der Waals surface area contributed by atoms with Gasteiger partial charge in [-0.2, -0.15) is 0 Å². The normalized spacial score (nSPS) is 12.8. The lowest BCUT2D eigenvalue weighted by Crippen LogP contribution is -2.21. The largest absolute Gasteiger partial charge is 0.388 e. The highest BCUT2D eigenvalue weighted by Crippen LogP contribution is 2.18. The van der Waals surface area contributed by atoms with Gasteiger partial charge in [-0.3, -0.25) is 0 Å². The van der Waals surface area contributed by atoms with Crippen molar-refractivity contribution in [3.05, 3.63) is 51.5 Å². The van der Waals surface area contributed by atoms with Crippen molar-refractivity contribution in [1.82, 2.24) is 9.88 Å². The van der Waals surface area contributed by atoms with E-state index in [4.69, 9.17) is 0 Å². The maximum atomic E-state index is 10.2. The molecule has 4 heteroatoms. The van der Waals surface area contributed by atoms with Crippen molar-refractivity contribution in [1.29, 1.82) is 0 Å². The Labute approximate surface area is 124 Å². The minimum Gasteiger partial charge on any atom is -0.388 e. The van der Waals surface area contributed by atoms with E-state index in [0.29, 0.717) is 0 Å². The van der Waals surface area contributed by atoms with Crippen molar-refractivity contribution in [2.24, 2.45) is 0 Å². The Morgan fingerprint density at radius 1 is 1.25 bits per heavy atom. The van der Waals surface area contributed by atoms with E-state index in [0.717, 1.165) is 35.8 Å². The van der Waals surface area contributed by atoms with Crippen LogP contribution in [0.4, 0.5) is 0 Å². The van der Waals surface area contributed by atoms with Gasteiger partial charge in [0.15, 0.2) is 0 Å². The van der Waals surface area contributed by atoms with Crippen molar-refractivity contribution >= 4 is 11.3 Å². The molecule has 0 aliphatic heterocycles. The Bertz CT molecular complexity index is 536. The molecule has 0 bridgehead atoms. The number of hydrogen-bond donors (Lipinski definition) is 1. The van der Waals surface area contributed by atoms with Crippen LogP contribution >= 0.6 is 11.3 Å². The molecule has 1 aromatic carbocycles. The fourth-order valence-electron chi connectivity index (χ4n) is 2.13. The highest BCUT2D eigenvalue weighted by molar-refractivity contribution is 7.09. The molecule has 0 amide bonds. The summed E-state index contributed by atoms with van der Waals surface area (Å²) in [5.74, 6) is 0. The molecule has 1 atom stereocenters. The molecule has 3 nitrogen and oxygen atoms in total. The van der Waals surface area contributed by atoms with Crippen LogP contribution in [0.2, 0.25) is 0 Å². The van der Waals surface area contributed by atoms with E-state index in [2.05, 4.69) is 29.2 Å². The Hall–Kier alpha value is -1.23. The predicted molar refractivity (Wildman–Crippen MR) is 83.9 cm³/mol. The molecule has 1 heterocycles. The first-order valence-electron chi connectivity index (χ1n) is 6.89. The molecule has 1 aromatic heterocycles. The molecule has 1 N–H and O–H groups in total. The van der Waals surface area contributed by atoms with Crippen LogP contribution in [0.5, 0.6) is 0 Å². The summed E-state index contributed by atoms with van der Waals surface area (Å²) in [5, 5.41) is 13.4. The smallest absolute Gasteiger partial charge is 0.0897 e. The average Bonchev–Trinajstić information content (AvgIpc) is 2.82. The second-order valence-electron chi connectivity index (χ2n) is 5.31. The van der Waals surface area contributed by atoms with Gasteiger partial charge in [-0.25, -0.2) is 4.98 Å². The van der Waals surface area contributed by atoms with Crippen molar-refractivity contribution in [2.45, 2.75) is 32.9 Å². The van der Waals surface area contributed by atoms with Crippen molar-refractivity contribution in [2.75, 3.05) is 13.6 Å². The molecule has 108 valence electrons. The van der Waals surface area contributed by atoms with Crippen LogP contribution in [0.3, 0.4) is 0 Å². The lowest BCUT2D eigenvalue weighted by Gasteiger charge is -2.18. The number of aryl methyl sites for hydroxylation is 2. The van der Waals surface area contributed by atoms with E-state index in [1.807, 2.05) is 31.2 Å². The molecule has 0 fully saturated rings. The van der Waals surface area contributed by atoms with Gasteiger partial charge in [0.25, 0.3) is 0 Å². The first-order valence-corrected chi connectivity index (χ1v) is 7.77. The monoisotopic (exact) mass is 290 g/mol. The fourth-order valence-corrected chi connectivity index (χ4v) is 2.74. The quantitative estimate of drug-likeness (QED) is 0.886. The summed E-state index contributed by atoms with van der Waals surface area (Å²) in [5.41, 5.74) is 3.32. The van der Waals surface area contributed by atoms with Crippen LogP contribution in [0, 0.1) is 13.8 Å². The number of hydrogen-bond acceptors (Lipinski definition) is 4. The summed E-state index contributed by atoms with van der Waals surface area (Å²) in [4.78, 5) is 6.66. The third-order valence-corrected chi connectivity index (χ3v) is 4.17. The lowest BCUT2D eigenvalue weighted by molar-refractivity contribution is 0.147. The Morgan fingerprint density at radius 2 is 1.95 bits per heavy atom. The molecule has 20 heavy (non-hydrogen) atoms. The van der Waals surface area contributed by atoms with Crippen LogP contribution in [0.1, 0.15) is 34.4 Å². The Kier molecular flexibility index (Phi) is 5.29. The summed E-state index contributed by atoms with van der Waals surface area (Å²) in [6.07, 6.45) is 0.345. The van der Waals surface area contributed by atoms with Gasteiger partial charge < -0.3 is 10.0 Å². The van der Waals surface area contributed by atoms with Crippen LogP contribution in [0.15, 0.2) is 29.6 Å². The maximum Gasteiger partial charge on any atom is 0.0897 e. The predicted octanol–water partition coefficient (Wildman–Crippen LogP) is 3.32. The second-order valence-corrected chi connectivity index (χ2v) is 6.37. The van der Waals surface area contributed by atoms with Gasteiger partial charge >= 0.3 is 0 Å². The topological polar surface area (TPSA) is 36.4 Å². The van der Waals surface area contributed by atoms with E-state index in [1.54, 1.807) is 11.3 Å². The Balaban J connectivity index is 1.80. The molecular weight excluding hydrogens is 268 g/mol. The molecular formula is C16H22N2OS. The first kappa shape index (κ1) is 15.2. The number of aromatic nitrogens is 1. The fraction of sp³-hybridized carbons (Fsp3) is 0.438. The molecule has 0 spiro atoms. The van der Waals surface area contributed by atoms with Crippen LogP contribution < -0.4 is 0 Å². The Morgan fingerprint density at radius 3 is 2.55 bits per heavy atom. The highest BCUT2D eigenvalue weighted by Gasteiger charge is 2.10. The third kappa shape index (κ3) is 4.40. The van der Waals surface area contributed by atoms with Gasteiger partial charge in [-0.05, 0) is 32.9 Å². The van der Waals surface area contributed by atoms with E-state index in [-0.39, 0.29) is 0 Å². The summed E-state index contributed by atoms with van der Waals surface area (Å²) in [7, 11) is 2.07. The SMILES string of the molecule is Cc1ccc(C(O)CCN(C)Cc2csc(C)n2)cc1. The lowest BCUT2D eigenvalue weighted by atomic mass is 10.0. The molecule has 2 rings (SSSR count). The van der Waals surface area contributed by atoms with Gasteiger partial charge in [0.1, 0.15) is 0 Å². The molecule has 2 aromatic rings. The standard InChI is InChI=1S/C16H22N2OS/c1-12-4-6-14(7-5-12)16(19)8-9-18(3)10-15-11-20-13(2)17-15/h4-7,11,16,19H,8-10H2,1-3H3. The minimum absolute atomic E-state index is 0.393. The van der Waals surface area contributed by atoms with E-state index in [9.17, 15) is 5.11 Å². The number of benzene rings is 1. The van der Waals surface area contributed by atoms with Crippen LogP contribution in [-0.4, -0.2) is 28.6 Å². The van der Waals surface area contributed by atoms with Crippen molar-refractivity contribution in [3.8, 4) is 0 Å². The molecule has 0 radical (unpaired) electrons. The summed E-state index contributed by atoms with van der Waals surface area (Å²) in [6.45, 7) is 5.77. The van der Waals surface area contributed by atoms with Gasteiger partial charge in [0, 0.05) is 18.5 Å². The van der Waals surface area contributed by atoms with E-state index < -0.39 is 6.10 Å².